The van der Waals surface area contributed by atoms with Gasteiger partial charge in [0.1, 0.15) is 22.7 Å². The largest absolute Gasteiger partial charge is 0.497 e. The number of rotatable bonds is 2. The van der Waals surface area contributed by atoms with E-state index in [1.54, 1.807) is 48.0 Å². The van der Waals surface area contributed by atoms with Crippen molar-refractivity contribution in [2.24, 2.45) is 4.99 Å². The number of benzene rings is 1. The molecule has 0 aliphatic rings. The molecule has 1 N–H and O–H groups in total. The molecule has 0 aliphatic heterocycles. The Morgan fingerprint density at radius 3 is 2.10 bits per heavy atom. The van der Waals surface area contributed by atoms with Crippen molar-refractivity contribution >= 4 is 28.9 Å². The van der Waals surface area contributed by atoms with Crippen molar-refractivity contribution in [3.8, 4) is 5.75 Å². The molecule has 0 saturated carbocycles. The van der Waals surface area contributed by atoms with Crippen LogP contribution in [0.4, 0.5) is 4.79 Å². The second-order valence-corrected chi connectivity index (χ2v) is 7.57. The van der Waals surface area contributed by atoms with E-state index in [0.717, 1.165) is 17.5 Å². The molecule has 0 saturated heterocycles. The summed E-state index contributed by atoms with van der Waals surface area (Å²) in [6.45, 7) is 12.5. The topological polar surface area (TPSA) is 103 Å². The van der Waals surface area contributed by atoms with Crippen LogP contribution in [0.25, 0.3) is 0 Å². The van der Waals surface area contributed by atoms with E-state index >= 15 is 0 Å². The van der Waals surface area contributed by atoms with Gasteiger partial charge in [0.15, 0.2) is 5.17 Å². The molecule has 1 aromatic heterocycles. The van der Waals surface area contributed by atoms with E-state index in [9.17, 15) is 9.59 Å². The number of aromatic nitrogens is 1. The molecule has 2 rings (SSSR count). The fraction of sp³-hybridized carbons (Fsp3) is 0.455. The highest BCUT2D eigenvalue weighted by Crippen LogP contribution is 2.13. The van der Waals surface area contributed by atoms with Crippen molar-refractivity contribution in [3.63, 3.8) is 0 Å². The van der Waals surface area contributed by atoms with Crippen LogP contribution in [-0.4, -0.2) is 41.3 Å². The zero-order chi connectivity index (χ0) is 24.0. The summed E-state index contributed by atoms with van der Waals surface area (Å²) in [6, 6.07) is 9.68. The maximum atomic E-state index is 12.1. The minimum absolute atomic E-state index is 0.147. The molecule has 0 unspecified atom stereocenters. The van der Waals surface area contributed by atoms with Crippen LogP contribution < -0.4 is 10.1 Å². The first-order valence-corrected chi connectivity index (χ1v) is 11.0. The molecule has 8 nitrogen and oxygen atoms in total. The number of aryl methyl sites for hydroxylation is 2. The molecule has 172 valence electrons. The van der Waals surface area contributed by atoms with E-state index in [0.29, 0.717) is 17.0 Å². The van der Waals surface area contributed by atoms with E-state index in [1.165, 1.54) is 0 Å². The quantitative estimate of drug-likeness (QED) is 0.482. The van der Waals surface area contributed by atoms with Crippen molar-refractivity contribution in [2.45, 2.75) is 54.1 Å². The minimum Gasteiger partial charge on any atom is -0.497 e. The molecular formula is C22H33N3O5S. The fourth-order valence-corrected chi connectivity index (χ4v) is 2.38. The van der Waals surface area contributed by atoms with Gasteiger partial charge in [-0.3, -0.25) is 4.79 Å². The van der Waals surface area contributed by atoms with E-state index in [2.05, 4.69) is 15.5 Å². The van der Waals surface area contributed by atoms with Crippen molar-refractivity contribution in [1.82, 2.24) is 10.5 Å². The van der Waals surface area contributed by atoms with Crippen molar-refractivity contribution in [1.29, 1.82) is 0 Å². The van der Waals surface area contributed by atoms with Crippen LogP contribution in [0.2, 0.25) is 0 Å². The number of amidine groups is 1. The molecule has 2 aromatic rings. The molecule has 0 radical (unpaired) electrons. The molecule has 1 aromatic carbocycles. The molecule has 0 bridgehead atoms. The summed E-state index contributed by atoms with van der Waals surface area (Å²) in [5, 5.41) is 6.39. The Morgan fingerprint density at radius 1 is 1.13 bits per heavy atom. The highest BCUT2D eigenvalue weighted by molar-refractivity contribution is 8.13. The SMILES string of the molecule is CC.COc1ccccc1.CS/C(=N\C(=O)OC(C)(C)C)NC(=O)c1c(C)noc1C. The lowest BCUT2D eigenvalue weighted by atomic mass is 10.2. The summed E-state index contributed by atoms with van der Waals surface area (Å²) in [5.74, 6) is 0.887. The van der Waals surface area contributed by atoms with Gasteiger partial charge in [0, 0.05) is 0 Å². The molecule has 1 heterocycles. The van der Waals surface area contributed by atoms with Gasteiger partial charge in [0.2, 0.25) is 0 Å². The number of methoxy groups -OCH3 is 1. The van der Waals surface area contributed by atoms with Crippen LogP contribution in [-0.2, 0) is 4.74 Å². The number of nitrogens with zero attached hydrogens (tertiary/aromatic N) is 2. The third-order valence-electron chi connectivity index (χ3n) is 3.24. The molecule has 31 heavy (non-hydrogen) atoms. The van der Waals surface area contributed by atoms with Gasteiger partial charge in [-0.2, -0.15) is 4.99 Å². The number of hydrogen-bond acceptors (Lipinski definition) is 7. The number of hydrogen-bond donors (Lipinski definition) is 1. The second kappa shape index (κ2) is 14.2. The average Bonchev–Trinajstić information content (AvgIpc) is 3.06. The third-order valence-corrected chi connectivity index (χ3v) is 3.82. The maximum absolute atomic E-state index is 12.1. The summed E-state index contributed by atoms with van der Waals surface area (Å²) in [4.78, 5) is 27.5. The predicted octanol–water partition coefficient (Wildman–Crippen LogP) is 5.40. The first-order valence-electron chi connectivity index (χ1n) is 9.76. The van der Waals surface area contributed by atoms with Gasteiger partial charge >= 0.3 is 6.09 Å². The lowest BCUT2D eigenvalue weighted by Gasteiger charge is -2.17. The number of ether oxygens (including phenoxy) is 2. The molecule has 9 heteroatoms. The highest BCUT2D eigenvalue weighted by atomic mass is 32.2. The molecular weight excluding hydrogens is 418 g/mol. The van der Waals surface area contributed by atoms with Gasteiger partial charge in [-0.15, -0.1) is 0 Å². The molecule has 0 atom stereocenters. The summed E-state index contributed by atoms with van der Waals surface area (Å²) in [6.07, 6.45) is 0.933. The third kappa shape index (κ3) is 11.2. The number of carbonyl (C=O) groups excluding carboxylic acids is 2. The Balaban J connectivity index is 0.000000745. The van der Waals surface area contributed by atoms with E-state index in [4.69, 9.17) is 14.0 Å². The summed E-state index contributed by atoms with van der Waals surface area (Å²) in [7, 11) is 1.66. The van der Waals surface area contributed by atoms with Crippen LogP contribution in [0.15, 0.2) is 39.8 Å². The van der Waals surface area contributed by atoms with E-state index in [-0.39, 0.29) is 5.17 Å². The van der Waals surface area contributed by atoms with Crippen molar-refractivity contribution < 1.29 is 23.6 Å². The highest BCUT2D eigenvalue weighted by Gasteiger charge is 2.20. The summed E-state index contributed by atoms with van der Waals surface area (Å²) >= 11 is 1.13. The smallest absolute Gasteiger partial charge is 0.436 e. The van der Waals surface area contributed by atoms with Crippen LogP contribution in [0.5, 0.6) is 5.75 Å². The Hall–Kier alpha value is -2.81. The molecule has 2 amide bonds. The normalized spacial score (nSPS) is 10.7. The molecule has 0 aliphatic carbocycles. The van der Waals surface area contributed by atoms with Gasteiger partial charge in [-0.25, -0.2) is 4.79 Å². The number of carbonyl (C=O) groups is 2. The number of aliphatic imine (C=N–C) groups is 1. The summed E-state index contributed by atoms with van der Waals surface area (Å²) < 4.78 is 14.9. The number of thioether (sulfide) groups is 1. The lowest BCUT2D eigenvalue weighted by Crippen LogP contribution is -2.30. The standard InChI is InChI=1S/C13H19N3O4S.C7H8O.C2H6/c1-7-9(8(2)20-16-7)10(17)14-11(21-6)15-12(18)19-13(3,4)5;1-8-7-5-3-2-4-6-7;1-2/h1-6H3,(H,14,15,17,18);2-6H,1H3;1-2H3. The number of para-hydroxylation sites is 1. The Labute approximate surface area is 188 Å². The zero-order valence-electron chi connectivity index (χ0n) is 19.7. The number of amides is 2. The average molecular weight is 452 g/mol. The molecule has 0 fully saturated rings. The summed E-state index contributed by atoms with van der Waals surface area (Å²) in [5.41, 5.74) is 0.166. The number of nitrogens with one attached hydrogen (secondary N) is 1. The second-order valence-electron chi connectivity index (χ2n) is 6.77. The fourth-order valence-electron chi connectivity index (χ4n) is 2.02. The Kier molecular flexibility index (Phi) is 12.9. The van der Waals surface area contributed by atoms with Crippen molar-refractivity contribution in [3.05, 3.63) is 47.3 Å². The van der Waals surface area contributed by atoms with Gasteiger partial charge in [0.05, 0.1) is 12.8 Å². The van der Waals surface area contributed by atoms with E-state index in [1.807, 2.05) is 44.2 Å². The van der Waals surface area contributed by atoms with E-state index < -0.39 is 17.6 Å². The monoisotopic (exact) mass is 451 g/mol. The maximum Gasteiger partial charge on any atom is 0.436 e. The first-order chi connectivity index (χ1) is 14.6. The molecule has 0 spiro atoms. The van der Waals surface area contributed by atoms with Gasteiger partial charge in [-0.1, -0.05) is 49.0 Å². The van der Waals surface area contributed by atoms with Crippen LogP contribution in [0, 0.1) is 13.8 Å². The van der Waals surface area contributed by atoms with Crippen molar-refractivity contribution in [2.75, 3.05) is 13.4 Å². The van der Waals surface area contributed by atoms with Gasteiger partial charge in [0.25, 0.3) is 5.91 Å². The van der Waals surface area contributed by atoms with Crippen LogP contribution >= 0.6 is 11.8 Å². The van der Waals surface area contributed by atoms with Gasteiger partial charge in [-0.05, 0) is 53.0 Å². The minimum atomic E-state index is -0.758. The first kappa shape index (κ1) is 28.2. The Morgan fingerprint density at radius 2 is 1.71 bits per heavy atom. The Bertz CT molecular complexity index is 823. The van der Waals surface area contributed by atoms with Gasteiger partial charge < -0.3 is 19.3 Å². The predicted molar refractivity (Wildman–Crippen MR) is 125 cm³/mol. The van der Waals surface area contributed by atoms with Crippen LogP contribution in [0.1, 0.15) is 56.4 Å². The zero-order valence-corrected chi connectivity index (χ0v) is 20.5. The van der Waals surface area contributed by atoms with Crippen LogP contribution in [0.3, 0.4) is 0 Å². The lowest BCUT2D eigenvalue weighted by molar-refractivity contribution is 0.0604.